The molecule has 0 aliphatic heterocycles. The molecule has 0 aliphatic rings. The topological polar surface area (TPSA) is 55.4 Å². The second-order valence-electron chi connectivity index (χ2n) is 6.74. The first kappa shape index (κ1) is 17.7. The van der Waals surface area contributed by atoms with Gasteiger partial charge in [0.25, 0.3) is 5.91 Å². The van der Waals surface area contributed by atoms with E-state index >= 15 is 0 Å². The van der Waals surface area contributed by atoms with E-state index in [0.29, 0.717) is 11.3 Å². The van der Waals surface area contributed by atoms with Crippen LogP contribution in [0.2, 0.25) is 0 Å². The fourth-order valence-electron chi connectivity index (χ4n) is 2.19. The summed E-state index contributed by atoms with van der Waals surface area (Å²) in [5, 5.41) is 2.80. The Labute approximate surface area is 142 Å². The average molecular weight is 325 g/mol. The lowest BCUT2D eigenvalue weighted by atomic mass is 9.87. The number of nitrogens with one attached hydrogen (secondary N) is 1. The van der Waals surface area contributed by atoms with E-state index in [-0.39, 0.29) is 23.7 Å². The standard InChI is InChI=1S/C20H23NO3/c1-14(22)15-5-11-18(12-6-15)24-13-19(23)21-17-9-7-16(8-10-17)20(2,3)4/h5-12H,13H2,1-4H3,(H,21,23). The van der Waals surface area contributed by atoms with E-state index in [2.05, 4.69) is 26.1 Å². The Hall–Kier alpha value is -2.62. The van der Waals surface area contributed by atoms with Crippen LogP contribution in [-0.2, 0) is 10.2 Å². The first-order chi connectivity index (χ1) is 11.3. The van der Waals surface area contributed by atoms with Gasteiger partial charge in [-0.15, -0.1) is 0 Å². The first-order valence-corrected chi connectivity index (χ1v) is 7.90. The minimum Gasteiger partial charge on any atom is -0.484 e. The van der Waals surface area contributed by atoms with E-state index in [1.807, 2.05) is 24.3 Å². The van der Waals surface area contributed by atoms with Gasteiger partial charge in [0, 0.05) is 11.3 Å². The van der Waals surface area contributed by atoms with Crippen molar-refractivity contribution in [1.29, 1.82) is 0 Å². The molecular formula is C20H23NO3. The molecule has 0 saturated carbocycles. The number of Topliss-reactive ketones (excluding diaryl/α,β-unsaturated/α-hetero) is 1. The fraction of sp³-hybridized carbons (Fsp3) is 0.300. The van der Waals surface area contributed by atoms with Gasteiger partial charge in [0.05, 0.1) is 0 Å². The molecule has 2 rings (SSSR count). The zero-order valence-corrected chi connectivity index (χ0v) is 14.6. The minimum atomic E-state index is -0.228. The number of benzene rings is 2. The molecule has 0 radical (unpaired) electrons. The molecule has 2 aromatic rings. The second kappa shape index (κ2) is 7.30. The Morgan fingerprint density at radius 3 is 2.04 bits per heavy atom. The van der Waals surface area contributed by atoms with E-state index in [9.17, 15) is 9.59 Å². The lowest BCUT2D eigenvalue weighted by Crippen LogP contribution is -2.20. The third-order valence-electron chi connectivity index (χ3n) is 3.67. The highest BCUT2D eigenvalue weighted by atomic mass is 16.5. The summed E-state index contributed by atoms with van der Waals surface area (Å²) >= 11 is 0. The van der Waals surface area contributed by atoms with Crippen molar-refractivity contribution in [3.63, 3.8) is 0 Å². The highest BCUT2D eigenvalue weighted by molar-refractivity contribution is 5.94. The fourth-order valence-corrected chi connectivity index (χ4v) is 2.19. The van der Waals surface area contributed by atoms with E-state index in [4.69, 9.17) is 4.74 Å². The summed E-state index contributed by atoms with van der Waals surface area (Å²) in [6, 6.07) is 14.5. The van der Waals surface area contributed by atoms with E-state index in [1.165, 1.54) is 12.5 Å². The van der Waals surface area contributed by atoms with Gasteiger partial charge >= 0.3 is 0 Å². The van der Waals surface area contributed by atoms with E-state index in [0.717, 1.165) is 5.69 Å². The lowest BCUT2D eigenvalue weighted by Gasteiger charge is -2.19. The number of carbonyl (C=O) groups is 2. The molecule has 0 bridgehead atoms. The highest BCUT2D eigenvalue weighted by Crippen LogP contribution is 2.23. The molecule has 0 aromatic heterocycles. The molecule has 0 unspecified atom stereocenters. The van der Waals surface area contributed by atoms with E-state index in [1.54, 1.807) is 24.3 Å². The summed E-state index contributed by atoms with van der Waals surface area (Å²) in [6.07, 6.45) is 0. The number of hydrogen-bond acceptors (Lipinski definition) is 3. The van der Waals surface area contributed by atoms with Gasteiger partial charge in [-0.05, 0) is 54.3 Å². The quantitative estimate of drug-likeness (QED) is 0.838. The summed E-state index contributed by atoms with van der Waals surface area (Å²) in [5.41, 5.74) is 2.65. The maximum absolute atomic E-state index is 12.0. The van der Waals surface area contributed by atoms with Crippen LogP contribution in [-0.4, -0.2) is 18.3 Å². The molecule has 126 valence electrons. The number of hydrogen-bond donors (Lipinski definition) is 1. The van der Waals surface area contributed by atoms with Gasteiger partial charge < -0.3 is 10.1 Å². The monoisotopic (exact) mass is 325 g/mol. The third kappa shape index (κ3) is 4.95. The van der Waals surface area contributed by atoms with Gasteiger partial charge in [0.1, 0.15) is 5.75 Å². The summed E-state index contributed by atoms with van der Waals surface area (Å²) in [6.45, 7) is 7.86. The van der Waals surface area contributed by atoms with Gasteiger partial charge in [-0.1, -0.05) is 32.9 Å². The first-order valence-electron chi connectivity index (χ1n) is 7.90. The molecule has 0 spiro atoms. The number of anilines is 1. The molecule has 0 aliphatic carbocycles. The van der Waals surface area contributed by atoms with Crippen LogP contribution < -0.4 is 10.1 Å². The molecule has 0 heterocycles. The van der Waals surface area contributed by atoms with Crippen molar-refractivity contribution >= 4 is 17.4 Å². The SMILES string of the molecule is CC(=O)c1ccc(OCC(=O)Nc2ccc(C(C)(C)C)cc2)cc1. The molecule has 24 heavy (non-hydrogen) atoms. The summed E-state index contributed by atoms with van der Waals surface area (Å²) in [4.78, 5) is 23.2. The van der Waals surface area contributed by atoms with Crippen LogP contribution in [0, 0.1) is 0 Å². The molecular weight excluding hydrogens is 302 g/mol. The molecule has 0 atom stereocenters. The van der Waals surface area contributed by atoms with Gasteiger partial charge in [-0.25, -0.2) is 0 Å². The van der Waals surface area contributed by atoms with Crippen LogP contribution in [0.25, 0.3) is 0 Å². The van der Waals surface area contributed by atoms with E-state index < -0.39 is 0 Å². The zero-order chi connectivity index (χ0) is 17.7. The van der Waals surface area contributed by atoms with Crippen LogP contribution in [0.15, 0.2) is 48.5 Å². The zero-order valence-electron chi connectivity index (χ0n) is 14.6. The molecule has 4 nitrogen and oxygen atoms in total. The van der Waals surface area contributed by atoms with Gasteiger partial charge in [0.15, 0.2) is 12.4 Å². The van der Waals surface area contributed by atoms with Crippen molar-refractivity contribution in [2.24, 2.45) is 0 Å². The van der Waals surface area contributed by atoms with Crippen molar-refractivity contribution in [2.75, 3.05) is 11.9 Å². The van der Waals surface area contributed by atoms with Crippen molar-refractivity contribution in [3.05, 3.63) is 59.7 Å². The number of ether oxygens (including phenoxy) is 1. The molecule has 1 N–H and O–H groups in total. The molecule has 0 fully saturated rings. The number of amides is 1. The molecule has 4 heteroatoms. The summed E-state index contributed by atoms with van der Waals surface area (Å²) in [7, 11) is 0. The second-order valence-corrected chi connectivity index (χ2v) is 6.74. The summed E-state index contributed by atoms with van der Waals surface area (Å²) in [5.74, 6) is 0.324. The number of rotatable bonds is 5. The van der Waals surface area contributed by atoms with Crippen LogP contribution in [0.1, 0.15) is 43.6 Å². The Bertz CT molecular complexity index is 710. The van der Waals surface area contributed by atoms with Crippen molar-refractivity contribution in [1.82, 2.24) is 0 Å². The Morgan fingerprint density at radius 2 is 1.54 bits per heavy atom. The van der Waals surface area contributed by atoms with Crippen molar-refractivity contribution in [2.45, 2.75) is 33.1 Å². The molecule has 2 aromatic carbocycles. The Kier molecular flexibility index (Phi) is 5.39. The molecule has 0 saturated heterocycles. The molecule has 1 amide bonds. The lowest BCUT2D eigenvalue weighted by molar-refractivity contribution is -0.118. The Balaban J connectivity index is 1.88. The van der Waals surface area contributed by atoms with Gasteiger partial charge in [-0.2, -0.15) is 0 Å². The predicted molar refractivity (Wildman–Crippen MR) is 95.7 cm³/mol. The van der Waals surface area contributed by atoms with Crippen LogP contribution >= 0.6 is 0 Å². The smallest absolute Gasteiger partial charge is 0.262 e. The van der Waals surface area contributed by atoms with Gasteiger partial charge in [0.2, 0.25) is 0 Å². The number of ketones is 1. The van der Waals surface area contributed by atoms with Crippen LogP contribution in [0.5, 0.6) is 5.75 Å². The highest BCUT2D eigenvalue weighted by Gasteiger charge is 2.13. The summed E-state index contributed by atoms with van der Waals surface area (Å²) < 4.78 is 5.43. The van der Waals surface area contributed by atoms with Crippen molar-refractivity contribution < 1.29 is 14.3 Å². The van der Waals surface area contributed by atoms with Crippen LogP contribution in [0.3, 0.4) is 0 Å². The predicted octanol–water partition coefficient (Wildman–Crippen LogP) is 4.20. The van der Waals surface area contributed by atoms with Gasteiger partial charge in [-0.3, -0.25) is 9.59 Å². The maximum atomic E-state index is 12.0. The third-order valence-corrected chi connectivity index (χ3v) is 3.67. The minimum absolute atomic E-state index is 0.00185. The van der Waals surface area contributed by atoms with Crippen LogP contribution in [0.4, 0.5) is 5.69 Å². The average Bonchev–Trinajstić information content (AvgIpc) is 2.53. The Morgan fingerprint density at radius 1 is 0.958 bits per heavy atom. The number of carbonyl (C=O) groups excluding carboxylic acids is 2. The maximum Gasteiger partial charge on any atom is 0.262 e. The normalized spacial score (nSPS) is 11.0. The van der Waals surface area contributed by atoms with Crippen molar-refractivity contribution in [3.8, 4) is 5.75 Å². The largest absolute Gasteiger partial charge is 0.484 e.